The van der Waals surface area contributed by atoms with E-state index in [4.69, 9.17) is 21.1 Å². The van der Waals surface area contributed by atoms with Gasteiger partial charge in [-0.25, -0.2) is 4.79 Å². The van der Waals surface area contributed by atoms with Crippen LogP contribution in [0.3, 0.4) is 0 Å². The summed E-state index contributed by atoms with van der Waals surface area (Å²) in [6.07, 6.45) is 1.96. The van der Waals surface area contributed by atoms with Gasteiger partial charge in [0.25, 0.3) is 0 Å². The number of carbonyl (C=O) groups excluding carboxylic acids is 2. The van der Waals surface area contributed by atoms with Gasteiger partial charge in [-0.05, 0) is 74.1 Å². The summed E-state index contributed by atoms with van der Waals surface area (Å²) < 4.78 is 11.7. The zero-order chi connectivity index (χ0) is 25.7. The van der Waals surface area contributed by atoms with Crippen molar-refractivity contribution in [3.8, 4) is 11.5 Å². The lowest BCUT2D eigenvalue weighted by Crippen LogP contribution is -2.47. The number of likely N-dealkylation sites (tertiary alicyclic amines) is 1. The number of hydrogen-bond donors (Lipinski definition) is 2. The Morgan fingerprint density at radius 3 is 2.31 bits per heavy atom. The van der Waals surface area contributed by atoms with Crippen LogP contribution in [-0.4, -0.2) is 71.8 Å². The number of aryl methyl sites for hydroxylation is 2. The number of carbonyl (C=O) groups is 2. The number of ether oxygens (including phenoxy) is 2. The molecule has 3 amide bonds. The Morgan fingerprint density at radius 1 is 1.03 bits per heavy atom. The van der Waals surface area contributed by atoms with E-state index in [0.717, 1.165) is 47.3 Å². The summed E-state index contributed by atoms with van der Waals surface area (Å²) in [5, 5.41) is 14.0. The molecule has 9 heteroatoms. The first kappa shape index (κ1) is 26.3. The highest BCUT2D eigenvalue weighted by Crippen LogP contribution is 2.29. The number of hydrogen-bond acceptors (Lipinski definition) is 6. The van der Waals surface area contributed by atoms with Crippen molar-refractivity contribution >= 4 is 23.5 Å². The molecule has 0 bridgehead atoms. The van der Waals surface area contributed by atoms with Crippen LogP contribution in [0.2, 0.25) is 5.02 Å². The molecule has 2 aliphatic heterocycles. The highest BCUT2D eigenvalue weighted by Gasteiger charge is 2.33. The minimum atomic E-state index is -0.835. The van der Waals surface area contributed by atoms with Crippen molar-refractivity contribution in [2.24, 2.45) is 0 Å². The van der Waals surface area contributed by atoms with Crippen LogP contribution in [0, 0.1) is 13.8 Å². The number of amides is 3. The topological polar surface area (TPSA) is 91.3 Å². The lowest BCUT2D eigenvalue weighted by Gasteiger charge is -2.38. The van der Waals surface area contributed by atoms with E-state index in [9.17, 15) is 14.7 Å². The number of nitrogens with one attached hydrogen (secondary N) is 1. The molecule has 2 heterocycles. The average molecular weight is 516 g/mol. The van der Waals surface area contributed by atoms with E-state index < -0.39 is 5.60 Å². The lowest BCUT2D eigenvalue weighted by molar-refractivity contribution is -0.118. The summed E-state index contributed by atoms with van der Waals surface area (Å²) in [6.45, 7) is 7.66. The maximum absolute atomic E-state index is 11.5. The van der Waals surface area contributed by atoms with Crippen molar-refractivity contribution in [2.75, 3.05) is 39.4 Å². The van der Waals surface area contributed by atoms with E-state index >= 15 is 0 Å². The monoisotopic (exact) mass is 515 g/mol. The molecular formula is C27H34ClN3O5. The normalized spacial score (nSPS) is 17.8. The Balaban J connectivity index is 1.16. The molecule has 0 unspecified atom stereocenters. The third-order valence-corrected chi connectivity index (χ3v) is 7.34. The zero-order valence-corrected chi connectivity index (χ0v) is 21.6. The summed E-state index contributed by atoms with van der Waals surface area (Å²) >= 11 is 6.24. The second-order valence-electron chi connectivity index (χ2n) is 9.78. The summed E-state index contributed by atoms with van der Waals surface area (Å²) in [5.74, 6) is 1.26. The van der Waals surface area contributed by atoms with Crippen LogP contribution < -0.4 is 14.8 Å². The molecule has 0 radical (unpaired) electrons. The molecule has 2 saturated heterocycles. The Kier molecular flexibility index (Phi) is 8.39. The number of imide groups is 1. The fourth-order valence-corrected chi connectivity index (χ4v) is 4.65. The van der Waals surface area contributed by atoms with Crippen LogP contribution in [-0.2, 0) is 11.3 Å². The fraction of sp³-hybridized carbons (Fsp3) is 0.481. The molecule has 0 saturated carbocycles. The number of rotatable bonds is 10. The van der Waals surface area contributed by atoms with Gasteiger partial charge in [-0.3, -0.25) is 15.0 Å². The first-order chi connectivity index (χ1) is 17.2. The Morgan fingerprint density at radius 2 is 1.69 bits per heavy atom. The van der Waals surface area contributed by atoms with Crippen molar-refractivity contribution in [1.29, 1.82) is 0 Å². The highest BCUT2D eigenvalue weighted by molar-refractivity contribution is 6.32. The predicted molar refractivity (Wildman–Crippen MR) is 138 cm³/mol. The largest absolute Gasteiger partial charge is 0.494 e. The Bertz CT molecular complexity index is 1060. The minimum Gasteiger partial charge on any atom is -0.494 e. The molecule has 194 valence electrons. The van der Waals surface area contributed by atoms with E-state index in [1.54, 1.807) is 0 Å². The molecule has 0 aliphatic carbocycles. The molecule has 2 fully saturated rings. The Hall–Kier alpha value is -2.81. The molecular weight excluding hydrogens is 482 g/mol. The molecule has 2 aromatic rings. The van der Waals surface area contributed by atoms with Crippen molar-refractivity contribution in [2.45, 2.75) is 45.3 Å². The van der Waals surface area contributed by atoms with Gasteiger partial charge in [0.2, 0.25) is 5.91 Å². The number of halogens is 1. The van der Waals surface area contributed by atoms with Crippen molar-refractivity contribution in [3.05, 3.63) is 58.1 Å². The Labute approximate surface area is 217 Å². The molecule has 0 atom stereocenters. The van der Waals surface area contributed by atoms with Crippen LogP contribution in [0.1, 0.15) is 36.0 Å². The van der Waals surface area contributed by atoms with E-state index in [0.29, 0.717) is 32.4 Å². The standard InChI is InChI=1S/C27H34ClN3O5/c1-19-14-23(15-20(2)25(19)28)36-18-27(34)8-11-30(12-9-27)16-21-4-6-22(7-5-21)35-13-3-10-31-17-24(32)29-26(31)33/h4-7,14-15,34H,3,8-13,16-18H2,1-2H3,(H,29,32,33). The van der Waals surface area contributed by atoms with Gasteiger partial charge >= 0.3 is 6.03 Å². The molecule has 2 aliphatic rings. The van der Waals surface area contributed by atoms with Crippen LogP contribution in [0.25, 0.3) is 0 Å². The van der Waals surface area contributed by atoms with Crippen molar-refractivity contribution in [3.63, 3.8) is 0 Å². The smallest absolute Gasteiger partial charge is 0.324 e. The molecule has 8 nitrogen and oxygen atoms in total. The number of nitrogens with zero attached hydrogens (tertiary/aromatic N) is 2. The van der Waals surface area contributed by atoms with E-state index in [2.05, 4.69) is 22.3 Å². The quantitative estimate of drug-likeness (QED) is 0.370. The van der Waals surface area contributed by atoms with Gasteiger partial charge < -0.3 is 19.5 Å². The molecule has 2 aromatic carbocycles. The van der Waals surface area contributed by atoms with Gasteiger partial charge in [-0.2, -0.15) is 0 Å². The number of piperidine rings is 1. The fourth-order valence-electron chi connectivity index (χ4n) is 4.54. The lowest BCUT2D eigenvalue weighted by atomic mass is 9.92. The maximum Gasteiger partial charge on any atom is 0.324 e. The molecule has 0 spiro atoms. The molecule has 2 N–H and O–H groups in total. The second kappa shape index (κ2) is 11.5. The van der Waals surface area contributed by atoms with Crippen molar-refractivity contribution in [1.82, 2.24) is 15.1 Å². The molecule has 0 aromatic heterocycles. The number of aliphatic hydroxyl groups is 1. The third-order valence-electron chi connectivity index (χ3n) is 6.74. The number of benzene rings is 2. The summed E-state index contributed by atoms with van der Waals surface area (Å²) in [5.41, 5.74) is 2.29. The SMILES string of the molecule is Cc1cc(OCC2(O)CCN(Cc3ccc(OCCCN4CC(=O)NC4=O)cc3)CC2)cc(C)c1Cl. The third kappa shape index (κ3) is 6.90. The van der Waals surface area contributed by atoms with Gasteiger partial charge in [0, 0.05) is 31.2 Å². The van der Waals surface area contributed by atoms with Gasteiger partial charge in [0.1, 0.15) is 30.3 Å². The maximum atomic E-state index is 11.5. The minimum absolute atomic E-state index is 0.121. The second-order valence-corrected chi connectivity index (χ2v) is 10.2. The van der Waals surface area contributed by atoms with Crippen molar-refractivity contribution < 1.29 is 24.2 Å². The van der Waals surface area contributed by atoms with Crippen LogP contribution >= 0.6 is 11.6 Å². The summed E-state index contributed by atoms with van der Waals surface area (Å²) in [6, 6.07) is 11.5. The molecule has 36 heavy (non-hydrogen) atoms. The van der Waals surface area contributed by atoms with Gasteiger partial charge in [0.15, 0.2) is 0 Å². The van der Waals surface area contributed by atoms with Gasteiger partial charge in [-0.15, -0.1) is 0 Å². The first-order valence-corrected chi connectivity index (χ1v) is 12.7. The summed E-state index contributed by atoms with van der Waals surface area (Å²) in [7, 11) is 0. The van der Waals surface area contributed by atoms with Crippen LogP contribution in [0.15, 0.2) is 36.4 Å². The van der Waals surface area contributed by atoms with Gasteiger partial charge in [-0.1, -0.05) is 23.7 Å². The van der Waals surface area contributed by atoms with Crippen LogP contribution in [0.5, 0.6) is 11.5 Å². The van der Waals surface area contributed by atoms with Crippen LogP contribution in [0.4, 0.5) is 4.79 Å². The predicted octanol–water partition coefficient (Wildman–Crippen LogP) is 3.68. The van der Waals surface area contributed by atoms with Gasteiger partial charge in [0.05, 0.1) is 6.61 Å². The average Bonchev–Trinajstić information content (AvgIpc) is 3.18. The van der Waals surface area contributed by atoms with E-state index in [1.807, 2.05) is 38.1 Å². The summed E-state index contributed by atoms with van der Waals surface area (Å²) in [4.78, 5) is 26.6. The zero-order valence-electron chi connectivity index (χ0n) is 20.9. The first-order valence-electron chi connectivity index (χ1n) is 12.4. The highest BCUT2D eigenvalue weighted by atomic mass is 35.5. The molecule has 4 rings (SSSR count). The number of urea groups is 1. The van der Waals surface area contributed by atoms with E-state index in [-0.39, 0.29) is 25.1 Å². The van der Waals surface area contributed by atoms with E-state index in [1.165, 1.54) is 10.5 Å².